The summed E-state index contributed by atoms with van der Waals surface area (Å²) < 4.78 is 15.8. The number of nitrogens with one attached hydrogen (secondary N) is 3. The van der Waals surface area contributed by atoms with Gasteiger partial charge < -0.3 is 16.0 Å². The highest BCUT2D eigenvalue weighted by Gasteiger charge is 2.18. The molecule has 0 aliphatic carbocycles. The lowest BCUT2D eigenvalue weighted by Crippen LogP contribution is -2.32. The molecule has 0 bridgehead atoms. The first-order chi connectivity index (χ1) is 11.5. The Kier molecular flexibility index (Phi) is 4.45. The molecule has 126 valence electrons. The van der Waals surface area contributed by atoms with Gasteiger partial charge in [0, 0.05) is 24.8 Å². The van der Waals surface area contributed by atoms with Gasteiger partial charge in [0.1, 0.15) is 5.82 Å². The lowest BCUT2D eigenvalue weighted by atomic mass is 10.0. The summed E-state index contributed by atoms with van der Waals surface area (Å²) in [6.07, 6.45) is 4.49. The van der Waals surface area contributed by atoms with E-state index in [1.807, 2.05) is 13.1 Å². The number of benzene rings is 1. The number of halogens is 1. The Morgan fingerprint density at radius 2 is 2.25 bits per heavy atom. The van der Waals surface area contributed by atoms with Gasteiger partial charge in [-0.2, -0.15) is 5.10 Å². The van der Waals surface area contributed by atoms with Crippen LogP contribution in [0.2, 0.25) is 0 Å². The summed E-state index contributed by atoms with van der Waals surface area (Å²) in [5.41, 5.74) is 2.40. The molecule has 0 saturated heterocycles. The summed E-state index contributed by atoms with van der Waals surface area (Å²) in [4.78, 5) is 23.2. The second kappa shape index (κ2) is 6.69. The molecular weight excluding hydrogens is 313 g/mol. The number of nitrogens with zero attached hydrogens (tertiary/aromatic N) is 2. The molecule has 0 unspecified atom stereocenters. The molecule has 3 rings (SSSR count). The van der Waals surface area contributed by atoms with E-state index in [9.17, 15) is 14.0 Å². The van der Waals surface area contributed by atoms with Crippen LogP contribution in [0.1, 0.15) is 17.5 Å². The molecule has 7 nitrogen and oxygen atoms in total. The zero-order valence-electron chi connectivity index (χ0n) is 13.2. The van der Waals surface area contributed by atoms with Gasteiger partial charge in [-0.25, -0.2) is 9.18 Å². The highest BCUT2D eigenvalue weighted by Crippen LogP contribution is 2.28. The molecule has 0 radical (unpaired) electrons. The number of anilines is 2. The van der Waals surface area contributed by atoms with E-state index >= 15 is 0 Å². The number of aryl methyl sites for hydroxylation is 2. The largest absolute Gasteiger partial charge is 0.336 e. The summed E-state index contributed by atoms with van der Waals surface area (Å²) in [5.74, 6) is -0.719. The van der Waals surface area contributed by atoms with Crippen LogP contribution in [0.25, 0.3) is 0 Å². The molecule has 0 saturated carbocycles. The first-order valence-corrected chi connectivity index (χ1v) is 7.67. The highest BCUT2D eigenvalue weighted by atomic mass is 19.1. The topological polar surface area (TPSA) is 88.1 Å². The predicted octanol–water partition coefficient (Wildman–Crippen LogP) is 2.04. The van der Waals surface area contributed by atoms with E-state index in [2.05, 4.69) is 21.0 Å². The Balaban J connectivity index is 1.57. The third kappa shape index (κ3) is 3.70. The minimum atomic E-state index is -0.589. The number of hydrogen-bond donors (Lipinski definition) is 3. The maximum absolute atomic E-state index is 14.0. The van der Waals surface area contributed by atoms with Crippen LogP contribution in [-0.2, 0) is 17.8 Å². The van der Waals surface area contributed by atoms with E-state index in [0.29, 0.717) is 31.6 Å². The van der Waals surface area contributed by atoms with Gasteiger partial charge >= 0.3 is 6.03 Å². The number of hydrogen-bond acceptors (Lipinski definition) is 3. The average molecular weight is 331 g/mol. The van der Waals surface area contributed by atoms with Gasteiger partial charge in [0.15, 0.2) is 0 Å². The van der Waals surface area contributed by atoms with Crippen molar-refractivity contribution < 1.29 is 14.0 Å². The molecule has 24 heavy (non-hydrogen) atoms. The summed E-state index contributed by atoms with van der Waals surface area (Å²) in [5, 5.41) is 11.9. The van der Waals surface area contributed by atoms with Gasteiger partial charge in [-0.1, -0.05) is 0 Å². The summed E-state index contributed by atoms with van der Waals surface area (Å²) in [6.45, 7) is 2.83. The maximum atomic E-state index is 14.0. The van der Waals surface area contributed by atoms with Crippen LogP contribution in [0.4, 0.5) is 20.6 Å². The first-order valence-electron chi connectivity index (χ1n) is 7.67. The Bertz CT molecular complexity index is 787. The molecule has 0 atom stereocenters. The molecule has 1 aromatic heterocycles. The van der Waals surface area contributed by atoms with E-state index in [0.717, 1.165) is 11.1 Å². The lowest BCUT2D eigenvalue weighted by molar-refractivity contribution is -0.116. The molecule has 1 aliphatic rings. The smallest absolute Gasteiger partial charge is 0.319 e. The summed E-state index contributed by atoms with van der Waals surface area (Å²) >= 11 is 0. The second-order valence-electron chi connectivity index (χ2n) is 5.70. The number of amides is 3. The van der Waals surface area contributed by atoms with Gasteiger partial charge in [-0.15, -0.1) is 0 Å². The fourth-order valence-corrected chi connectivity index (χ4v) is 2.54. The van der Waals surface area contributed by atoms with Crippen LogP contribution in [0, 0.1) is 12.7 Å². The van der Waals surface area contributed by atoms with Crippen LogP contribution in [0.15, 0.2) is 24.5 Å². The number of rotatable bonds is 4. The van der Waals surface area contributed by atoms with E-state index in [4.69, 9.17) is 0 Å². The Morgan fingerprint density at radius 3 is 3.00 bits per heavy atom. The van der Waals surface area contributed by atoms with Crippen LogP contribution in [0.5, 0.6) is 0 Å². The van der Waals surface area contributed by atoms with Gasteiger partial charge in [-0.3, -0.25) is 9.48 Å². The molecule has 1 aromatic carbocycles. The number of carbonyl (C=O) groups is 2. The lowest BCUT2D eigenvalue weighted by Gasteiger charge is -2.18. The first kappa shape index (κ1) is 16.0. The molecule has 0 spiro atoms. The zero-order chi connectivity index (χ0) is 17.1. The molecule has 2 aromatic rings. The number of urea groups is 1. The van der Waals surface area contributed by atoms with Crippen molar-refractivity contribution >= 4 is 23.3 Å². The highest BCUT2D eigenvalue weighted by molar-refractivity contribution is 5.95. The molecule has 1 aliphatic heterocycles. The van der Waals surface area contributed by atoms with Gasteiger partial charge in [0.25, 0.3) is 0 Å². The van der Waals surface area contributed by atoms with Crippen molar-refractivity contribution in [3.05, 3.63) is 41.5 Å². The standard InChI is InChI=1S/C16H18FN5O2/c1-10-8-19-22(9-10)5-4-18-16(24)21-14-6-11-2-3-15(23)20-13(11)7-12(14)17/h6-9H,2-5H2,1H3,(H,20,23)(H2,18,21,24). The molecule has 3 N–H and O–H groups in total. The van der Waals surface area contributed by atoms with E-state index in [1.54, 1.807) is 16.9 Å². The Morgan fingerprint density at radius 1 is 1.42 bits per heavy atom. The maximum Gasteiger partial charge on any atom is 0.319 e. The quantitative estimate of drug-likeness (QED) is 0.801. The van der Waals surface area contributed by atoms with Crippen molar-refractivity contribution in [3.63, 3.8) is 0 Å². The van der Waals surface area contributed by atoms with Gasteiger partial charge in [0.2, 0.25) is 5.91 Å². The number of aromatic nitrogens is 2. The van der Waals surface area contributed by atoms with Crippen LogP contribution >= 0.6 is 0 Å². The predicted molar refractivity (Wildman–Crippen MR) is 87.3 cm³/mol. The molecule has 2 heterocycles. The van der Waals surface area contributed by atoms with Gasteiger partial charge in [0.05, 0.1) is 18.4 Å². The third-order valence-corrected chi connectivity index (χ3v) is 3.73. The fourth-order valence-electron chi connectivity index (χ4n) is 2.54. The monoisotopic (exact) mass is 331 g/mol. The molecule has 0 fully saturated rings. The van der Waals surface area contributed by atoms with Crippen molar-refractivity contribution in [1.82, 2.24) is 15.1 Å². The minimum absolute atomic E-state index is 0.0948. The Hall–Kier alpha value is -2.90. The minimum Gasteiger partial charge on any atom is -0.336 e. The van der Waals surface area contributed by atoms with E-state index in [1.165, 1.54) is 6.07 Å². The average Bonchev–Trinajstić information content (AvgIpc) is 2.94. The summed E-state index contributed by atoms with van der Waals surface area (Å²) in [6, 6.07) is 2.30. The van der Waals surface area contributed by atoms with Crippen LogP contribution < -0.4 is 16.0 Å². The zero-order valence-corrected chi connectivity index (χ0v) is 13.2. The van der Waals surface area contributed by atoms with Crippen molar-refractivity contribution in [2.45, 2.75) is 26.3 Å². The van der Waals surface area contributed by atoms with Crippen molar-refractivity contribution in [2.24, 2.45) is 0 Å². The number of fused-ring (bicyclic) bond motifs is 1. The molecular formula is C16H18FN5O2. The SMILES string of the molecule is Cc1cnn(CCNC(=O)Nc2cc3c(cc2F)NC(=O)CC3)c1. The summed E-state index contributed by atoms with van der Waals surface area (Å²) in [7, 11) is 0. The number of carbonyl (C=O) groups excluding carboxylic acids is 2. The Labute approximate surface area is 138 Å². The van der Waals surface area contributed by atoms with Crippen molar-refractivity contribution in [2.75, 3.05) is 17.2 Å². The van der Waals surface area contributed by atoms with E-state index in [-0.39, 0.29) is 11.6 Å². The van der Waals surface area contributed by atoms with Crippen molar-refractivity contribution in [1.29, 1.82) is 0 Å². The molecule has 3 amide bonds. The third-order valence-electron chi connectivity index (χ3n) is 3.73. The normalized spacial score (nSPS) is 13.2. The van der Waals surface area contributed by atoms with Crippen molar-refractivity contribution in [3.8, 4) is 0 Å². The van der Waals surface area contributed by atoms with Crippen LogP contribution in [0.3, 0.4) is 0 Å². The fraction of sp³-hybridized carbons (Fsp3) is 0.312. The van der Waals surface area contributed by atoms with Crippen LogP contribution in [-0.4, -0.2) is 28.3 Å². The molecule has 8 heteroatoms. The van der Waals surface area contributed by atoms with Gasteiger partial charge in [-0.05, 0) is 36.6 Å². The van der Waals surface area contributed by atoms with E-state index < -0.39 is 11.8 Å². The second-order valence-corrected chi connectivity index (χ2v) is 5.70.